The maximum absolute atomic E-state index is 12.2. The van der Waals surface area contributed by atoms with Crippen LogP contribution in [0.3, 0.4) is 0 Å². The number of nitrogens with one attached hydrogen (secondary N) is 1. The van der Waals surface area contributed by atoms with Gasteiger partial charge in [0.1, 0.15) is 6.61 Å². The third kappa shape index (κ3) is 9.75. The van der Waals surface area contributed by atoms with Crippen molar-refractivity contribution in [1.82, 2.24) is 5.32 Å². The molecule has 27 heavy (non-hydrogen) atoms. The molecule has 5 heteroatoms. The van der Waals surface area contributed by atoms with Crippen LogP contribution in [0, 0.1) is 0 Å². The van der Waals surface area contributed by atoms with Crippen molar-refractivity contribution in [2.45, 2.75) is 59.0 Å². The van der Waals surface area contributed by atoms with Crippen molar-refractivity contribution in [2.75, 3.05) is 6.61 Å². The second kappa shape index (κ2) is 12.1. The molecule has 1 aromatic carbocycles. The minimum atomic E-state index is -0.418. The van der Waals surface area contributed by atoms with E-state index < -0.39 is 12.1 Å². The molecule has 0 saturated carbocycles. The molecule has 0 saturated heterocycles. The first-order valence-corrected chi connectivity index (χ1v) is 9.42. The van der Waals surface area contributed by atoms with Crippen LogP contribution in [0.2, 0.25) is 0 Å². The lowest BCUT2D eigenvalue weighted by molar-refractivity contribution is -0.398. The zero-order chi connectivity index (χ0) is 20.2. The summed E-state index contributed by atoms with van der Waals surface area (Å²) in [5.41, 5.74) is 7.10. The average Bonchev–Trinajstić information content (AvgIpc) is 2.61. The highest BCUT2D eigenvalue weighted by Crippen LogP contribution is 2.17. The van der Waals surface area contributed by atoms with Gasteiger partial charge in [0, 0.05) is 0 Å². The molecule has 0 aliphatic carbocycles. The Morgan fingerprint density at radius 2 is 1.81 bits per heavy atom. The SMILES string of the molecule is CC(C)=CCC/C(C)=C/COC(=O)C[C@@H](NC(=O)[C@@H](C)[NH3+])c1ccccc1. The lowest BCUT2D eigenvalue weighted by atomic mass is 10.0. The summed E-state index contributed by atoms with van der Waals surface area (Å²) in [4.78, 5) is 24.3. The monoisotopic (exact) mass is 373 g/mol. The third-order valence-electron chi connectivity index (χ3n) is 4.10. The number of esters is 1. The van der Waals surface area contributed by atoms with E-state index in [4.69, 9.17) is 4.74 Å². The summed E-state index contributed by atoms with van der Waals surface area (Å²) in [7, 11) is 0. The van der Waals surface area contributed by atoms with Crippen molar-refractivity contribution < 1.29 is 20.1 Å². The van der Waals surface area contributed by atoms with Gasteiger partial charge in [-0.2, -0.15) is 0 Å². The number of amides is 1. The van der Waals surface area contributed by atoms with E-state index in [2.05, 4.69) is 31.0 Å². The van der Waals surface area contributed by atoms with Crippen molar-refractivity contribution in [2.24, 2.45) is 0 Å². The van der Waals surface area contributed by atoms with Crippen LogP contribution in [-0.2, 0) is 14.3 Å². The number of carbonyl (C=O) groups excluding carboxylic acids is 2. The van der Waals surface area contributed by atoms with Gasteiger partial charge in [-0.25, -0.2) is 0 Å². The van der Waals surface area contributed by atoms with Crippen LogP contribution in [0.4, 0.5) is 0 Å². The molecule has 1 aromatic rings. The first-order valence-electron chi connectivity index (χ1n) is 9.42. The lowest BCUT2D eigenvalue weighted by Gasteiger charge is -2.19. The van der Waals surface area contributed by atoms with Crippen molar-refractivity contribution in [1.29, 1.82) is 0 Å². The van der Waals surface area contributed by atoms with Crippen LogP contribution in [-0.4, -0.2) is 24.5 Å². The van der Waals surface area contributed by atoms with Gasteiger partial charge in [-0.05, 0) is 52.2 Å². The number of benzene rings is 1. The van der Waals surface area contributed by atoms with E-state index in [0.717, 1.165) is 18.4 Å². The number of rotatable bonds is 10. The van der Waals surface area contributed by atoms with E-state index in [1.807, 2.05) is 43.3 Å². The Morgan fingerprint density at radius 3 is 2.41 bits per heavy atom. The van der Waals surface area contributed by atoms with Gasteiger partial charge in [-0.3, -0.25) is 9.59 Å². The largest absolute Gasteiger partial charge is 0.461 e. The molecule has 0 aliphatic rings. The summed E-state index contributed by atoms with van der Waals surface area (Å²) in [6.07, 6.45) is 6.16. The van der Waals surface area contributed by atoms with Crippen LogP contribution < -0.4 is 11.1 Å². The first kappa shape index (κ1) is 22.6. The zero-order valence-electron chi connectivity index (χ0n) is 17.0. The van der Waals surface area contributed by atoms with Gasteiger partial charge < -0.3 is 15.8 Å². The summed E-state index contributed by atoms with van der Waals surface area (Å²) < 4.78 is 5.34. The molecule has 4 N–H and O–H groups in total. The highest BCUT2D eigenvalue weighted by atomic mass is 16.5. The molecule has 5 nitrogen and oxygen atoms in total. The summed E-state index contributed by atoms with van der Waals surface area (Å²) >= 11 is 0. The molecular formula is C22H33N2O3+. The highest BCUT2D eigenvalue weighted by molar-refractivity contribution is 5.81. The number of hydrogen-bond donors (Lipinski definition) is 2. The second-order valence-electron chi connectivity index (χ2n) is 7.13. The first-order chi connectivity index (χ1) is 12.8. The number of allylic oxidation sites excluding steroid dienone is 3. The minimum absolute atomic E-state index is 0.0904. The maximum atomic E-state index is 12.2. The summed E-state index contributed by atoms with van der Waals surface area (Å²) in [6, 6.07) is 8.63. The predicted octanol–water partition coefficient (Wildman–Crippen LogP) is 3.10. The van der Waals surface area contributed by atoms with Gasteiger partial charge in [0.05, 0.1) is 12.5 Å². The number of quaternary nitrogens is 1. The number of carbonyl (C=O) groups is 2. The lowest BCUT2D eigenvalue weighted by Crippen LogP contribution is -2.66. The fourth-order valence-corrected chi connectivity index (χ4v) is 2.44. The normalized spacial score (nSPS) is 13.4. The van der Waals surface area contributed by atoms with Crippen molar-refractivity contribution >= 4 is 11.9 Å². The van der Waals surface area contributed by atoms with Gasteiger partial charge in [0.2, 0.25) is 0 Å². The minimum Gasteiger partial charge on any atom is -0.461 e. The standard InChI is InChI=1S/C22H32N2O3/c1-16(2)9-8-10-17(3)13-14-27-21(25)15-20(24-22(26)18(4)23)19-11-6-5-7-12-19/h5-7,9,11-13,18,20H,8,10,14-15,23H2,1-4H3,(H,24,26)/p+1/b17-13+/t18-,20-/m1/s1. The van der Waals surface area contributed by atoms with Gasteiger partial charge in [-0.1, -0.05) is 47.6 Å². The van der Waals surface area contributed by atoms with Crippen LogP contribution >= 0.6 is 0 Å². The fourth-order valence-electron chi connectivity index (χ4n) is 2.44. The van der Waals surface area contributed by atoms with Gasteiger partial charge >= 0.3 is 5.97 Å². The summed E-state index contributed by atoms with van der Waals surface area (Å²) in [6.45, 7) is 8.17. The topological polar surface area (TPSA) is 83.0 Å². The molecule has 1 rings (SSSR count). The summed E-state index contributed by atoms with van der Waals surface area (Å²) in [5.74, 6) is -0.527. The third-order valence-corrected chi connectivity index (χ3v) is 4.10. The molecular weight excluding hydrogens is 340 g/mol. The van der Waals surface area contributed by atoms with Gasteiger partial charge in [0.25, 0.3) is 5.91 Å². The van der Waals surface area contributed by atoms with Crippen LogP contribution in [0.25, 0.3) is 0 Å². The molecule has 2 atom stereocenters. The zero-order valence-corrected chi connectivity index (χ0v) is 17.0. The number of ether oxygens (including phenoxy) is 1. The molecule has 0 bridgehead atoms. The van der Waals surface area contributed by atoms with E-state index in [-0.39, 0.29) is 24.9 Å². The van der Waals surface area contributed by atoms with Gasteiger partial charge in [0.15, 0.2) is 6.04 Å². The van der Waals surface area contributed by atoms with E-state index in [1.54, 1.807) is 6.92 Å². The smallest absolute Gasteiger partial charge is 0.308 e. The van der Waals surface area contributed by atoms with E-state index in [1.165, 1.54) is 11.1 Å². The van der Waals surface area contributed by atoms with Gasteiger partial charge in [-0.15, -0.1) is 0 Å². The van der Waals surface area contributed by atoms with Crippen molar-refractivity contribution in [3.05, 3.63) is 59.2 Å². The summed E-state index contributed by atoms with van der Waals surface area (Å²) in [5, 5.41) is 2.88. The Kier molecular flexibility index (Phi) is 10.1. The predicted molar refractivity (Wildman–Crippen MR) is 108 cm³/mol. The average molecular weight is 374 g/mol. The molecule has 0 heterocycles. The van der Waals surface area contributed by atoms with Crippen LogP contribution in [0.15, 0.2) is 53.6 Å². The van der Waals surface area contributed by atoms with E-state index in [0.29, 0.717) is 0 Å². The van der Waals surface area contributed by atoms with Crippen molar-refractivity contribution in [3.8, 4) is 0 Å². The second-order valence-corrected chi connectivity index (χ2v) is 7.13. The number of hydrogen-bond acceptors (Lipinski definition) is 3. The Labute approximate surface area is 162 Å². The molecule has 0 aromatic heterocycles. The molecule has 0 aliphatic heterocycles. The molecule has 0 unspecified atom stereocenters. The quantitative estimate of drug-likeness (QED) is 0.488. The van der Waals surface area contributed by atoms with Crippen LogP contribution in [0.5, 0.6) is 0 Å². The highest BCUT2D eigenvalue weighted by Gasteiger charge is 2.21. The Morgan fingerprint density at radius 1 is 1.15 bits per heavy atom. The van der Waals surface area contributed by atoms with Crippen LogP contribution in [0.1, 0.15) is 58.6 Å². The van der Waals surface area contributed by atoms with E-state index in [9.17, 15) is 9.59 Å². The molecule has 148 valence electrons. The Bertz CT molecular complexity index is 659. The molecule has 1 amide bonds. The molecule has 0 spiro atoms. The van der Waals surface area contributed by atoms with Crippen molar-refractivity contribution in [3.63, 3.8) is 0 Å². The fraction of sp³-hybridized carbons (Fsp3) is 0.455. The Hall–Kier alpha value is -2.40. The maximum Gasteiger partial charge on any atom is 0.308 e. The Balaban J connectivity index is 2.58. The molecule has 0 radical (unpaired) electrons. The molecule has 0 fully saturated rings. The van der Waals surface area contributed by atoms with E-state index >= 15 is 0 Å².